The zero-order valence-electron chi connectivity index (χ0n) is 15.1. The zero-order chi connectivity index (χ0) is 17.9. The van der Waals surface area contributed by atoms with Crippen LogP contribution in [0.4, 0.5) is 0 Å². The van der Waals surface area contributed by atoms with Gasteiger partial charge >= 0.3 is 0 Å². The number of aromatic nitrogens is 2. The molecule has 1 aromatic heterocycles. The molecule has 130 valence electrons. The van der Waals surface area contributed by atoms with Crippen molar-refractivity contribution in [1.82, 2.24) is 9.55 Å². The van der Waals surface area contributed by atoms with Gasteiger partial charge in [-0.1, -0.05) is 54.6 Å². The number of benzene rings is 3. The maximum atomic E-state index is 5.27. The van der Waals surface area contributed by atoms with E-state index in [-0.39, 0.29) is 6.04 Å². The van der Waals surface area contributed by atoms with Gasteiger partial charge in [0.1, 0.15) is 11.6 Å². The van der Waals surface area contributed by atoms with E-state index < -0.39 is 0 Å². The number of para-hydroxylation sites is 2. The van der Waals surface area contributed by atoms with Crippen LogP contribution in [0.1, 0.15) is 29.9 Å². The molecule has 0 amide bonds. The van der Waals surface area contributed by atoms with Gasteiger partial charge in [-0.3, -0.25) is 0 Å². The average Bonchev–Trinajstić information content (AvgIpc) is 3.06. The number of imidazole rings is 1. The van der Waals surface area contributed by atoms with Crippen molar-refractivity contribution in [3.8, 4) is 5.75 Å². The molecular weight excluding hydrogens is 320 g/mol. The molecule has 4 aromatic rings. The van der Waals surface area contributed by atoms with E-state index in [9.17, 15) is 0 Å². The molecule has 3 heteroatoms. The van der Waals surface area contributed by atoms with Gasteiger partial charge in [0.15, 0.2) is 0 Å². The third-order valence-corrected chi connectivity index (χ3v) is 4.86. The predicted octanol–water partition coefficient (Wildman–Crippen LogP) is 5.25. The first-order chi connectivity index (χ1) is 12.8. The van der Waals surface area contributed by atoms with Gasteiger partial charge in [-0.05, 0) is 42.3 Å². The molecule has 0 saturated heterocycles. The Kier molecular flexibility index (Phi) is 4.44. The standard InChI is InChI=1S/C23H22N2O/c1-17(19-8-4-3-5-9-19)25-22-11-7-6-10-21(22)24-23(25)16-18-12-14-20(26-2)15-13-18/h3-15,17H,16H2,1-2H3. The first kappa shape index (κ1) is 16.4. The summed E-state index contributed by atoms with van der Waals surface area (Å²) in [6.07, 6.45) is 0.788. The molecule has 4 rings (SSSR count). The van der Waals surface area contributed by atoms with Gasteiger partial charge in [0.2, 0.25) is 0 Å². The number of fused-ring (bicyclic) bond motifs is 1. The second-order valence-electron chi connectivity index (χ2n) is 6.50. The van der Waals surface area contributed by atoms with Crippen molar-refractivity contribution in [2.45, 2.75) is 19.4 Å². The maximum absolute atomic E-state index is 5.27. The lowest BCUT2D eigenvalue weighted by atomic mass is 10.1. The van der Waals surface area contributed by atoms with Crippen LogP contribution < -0.4 is 4.74 Å². The Hall–Kier alpha value is -3.07. The molecule has 0 N–H and O–H groups in total. The molecule has 0 radical (unpaired) electrons. The highest BCUT2D eigenvalue weighted by Crippen LogP contribution is 2.27. The summed E-state index contributed by atoms with van der Waals surface area (Å²) in [6.45, 7) is 2.24. The summed E-state index contributed by atoms with van der Waals surface area (Å²) >= 11 is 0. The van der Waals surface area contributed by atoms with Crippen LogP contribution in [0.25, 0.3) is 11.0 Å². The van der Waals surface area contributed by atoms with E-state index in [1.54, 1.807) is 7.11 Å². The summed E-state index contributed by atoms with van der Waals surface area (Å²) in [5.41, 5.74) is 4.72. The van der Waals surface area contributed by atoms with Gasteiger partial charge in [0, 0.05) is 6.42 Å². The molecule has 0 spiro atoms. The fourth-order valence-electron chi connectivity index (χ4n) is 3.46. The van der Waals surface area contributed by atoms with Crippen LogP contribution in [0, 0.1) is 0 Å². The third-order valence-electron chi connectivity index (χ3n) is 4.86. The minimum absolute atomic E-state index is 0.219. The predicted molar refractivity (Wildman–Crippen MR) is 106 cm³/mol. The Morgan fingerprint density at radius 3 is 2.31 bits per heavy atom. The molecule has 3 aromatic carbocycles. The van der Waals surface area contributed by atoms with Crippen LogP contribution in [-0.4, -0.2) is 16.7 Å². The fourth-order valence-corrected chi connectivity index (χ4v) is 3.46. The Bertz CT molecular complexity index is 1000. The van der Waals surface area contributed by atoms with Gasteiger partial charge < -0.3 is 9.30 Å². The first-order valence-corrected chi connectivity index (χ1v) is 8.90. The average molecular weight is 342 g/mol. The van der Waals surface area contributed by atoms with Gasteiger partial charge in [0.25, 0.3) is 0 Å². The number of rotatable bonds is 5. The van der Waals surface area contributed by atoms with E-state index in [2.05, 4.69) is 72.2 Å². The summed E-state index contributed by atoms with van der Waals surface area (Å²) < 4.78 is 7.62. The molecule has 0 aliphatic rings. The topological polar surface area (TPSA) is 27.1 Å². The van der Waals surface area contributed by atoms with E-state index in [0.717, 1.165) is 23.5 Å². The fraction of sp³-hybridized carbons (Fsp3) is 0.174. The van der Waals surface area contributed by atoms with Gasteiger partial charge in [-0.25, -0.2) is 4.98 Å². The second kappa shape index (κ2) is 7.04. The Morgan fingerprint density at radius 1 is 0.885 bits per heavy atom. The summed E-state index contributed by atoms with van der Waals surface area (Å²) in [6, 6.07) is 27.4. The number of hydrogen-bond acceptors (Lipinski definition) is 2. The van der Waals surface area contributed by atoms with E-state index in [1.165, 1.54) is 16.6 Å². The molecule has 1 atom stereocenters. The van der Waals surface area contributed by atoms with Gasteiger partial charge in [-0.15, -0.1) is 0 Å². The molecule has 0 aliphatic heterocycles. The normalized spacial score (nSPS) is 12.2. The smallest absolute Gasteiger partial charge is 0.118 e. The van der Waals surface area contributed by atoms with E-state index in [4.69, 9.17) is 9.72 Å². The monoisotopic (exact) mass is 342 g/mol. The summed E-state index contributed by atoms with van der Waals surface area (Å²) in [5.74, 6) is 1.95. The summed E-state index contributed by atoms with van der Waals surface area (Å²) in [4.78, 5) is 4.93. The lowest BCUT2D eigenvalue weighted by molar-refractivity contribution is 0.414. The van der Waals surface area contributed by atoms with Gasteiger partial charge in [0.05, 0.1) is 24.2 Å². The molecule has 3 nitrogen and oxygen atoms in total. The molecular formula is C23H22N2O. The number of ether oxygens (including phenoxy) is 1. The molecule has 1 unspecified atom stereocenters. The van der Waals surface area contributed by atoms with Crippen LogP contribution >= 0.6 is 0 Å². The quantitative estimate of drug-likeness (QED) is 0.495. The highest BCUT2D eigenvalue weighted by molar-refractivity contribution is 5.76. The Balaban J connectivity index is 1.78. The van der Waals surface area contributed by atoms with Crippen molar-refractivity contribution >= 4 is 11.0 Å². The van der Waals surface area contributed by atoms with Crippen molar-refractivity contribution in [2.24, 2.45) is 0 Å². The van der Waals surface area contributed by atoms with Gasteiger partial charge in [-0.2, -0.15) is 0 Å². The zero-order valence-corrected chi connectivity index (χ0v) is 15.1. The molecule has 0 fully saturated rings. The largest absolute Gasteiger partial charge is 0.497 e. The van der Waals surface area contributed by atoms with Crippen LogP contribution in [0.5, 0.6) is 5.75 Å². The molecule has 0 saturated carbocycles. The molecule has 0 bridgehead atoms. The number of nitrogens with zero attached hydrogens (tertiary/aromatic N) is 2. The van der Waals surface area contributed by atoms with Crippen molar-refractivity contribution in [3.05, 3.63) is 95.8 Å². The Morgan fingerprint density at radius 2 is 1.58 bits per heavy atom. The molecule has 26 heavy (non-hydrogen) atoms. The van der Waals surface area contributed by atoms with Crippen LogP contribution in [-0.2, 0) is 6.42 Å². The number of hydrogen-bond donors (Lipinski definition) is 0. The SMILES string of the molecule is COc1ccc(Cc2nc3ccccc3n2C(C)c2ccccc2)cc1. The molecule has 1 heterocycles. The van der Waals surface area contributed by atoms with Crippen molar-refractivity contribution < 1.29 is 4.74 Å². The van der Waals surface area contributed by atoms with E-state index in [1.807, 2.05) is 18.2 Å². The second-order valence-corrected chi connectivity index (χ2v) is 6.50. The van der Waals surface area contributed by atoms with E-state index >= 15 is 0 Å². The summed E-state index contributed by atoms with van der Waals surface area (Å²) in [7, 11) is 1.69. The van der Waals surface area contributed by atoms with Crippen LogP contribution in [0.3, 0.4) is 0 Å². The minimum Gasteiger partial charge on any atom is -0.497 e. The molecule has 0 aliphatic carbocycles. The highest BCUT2D eigenvalue weighted by atomic mass is 16.5. The Labute approximate surface area is 153 Å². The third kappa shape index (κ3) is 3.08. The van der Waals surface area contributed by atoms with E-state index in [0.29, 0.717) is 0 Å². The van der Waals surface area contributed by atoms with Crippen molar-refractivity contribution in [1.29, 1.82) is 0 Å². The maximum Gasteiger partial charge on any atom is 0.118 e. The lowest BCUT2D eigenvalue weighted by Crippen LogP contribution is -2.11. The van der Waals surface area contributed by atoms with Crippen molar-refractivity contribution in [3.63, 3.8) is 0 Å². The van der Waals surface area contributed by atoms with Crippen LogP contribution in [0.15, 0.2) is 78.9 Å². The number of methoxy groups -OCH3 is 1. The highest BCUT2D eigenvalue weighted by Gasteiger charge is 2.17. The lowest BCUT2D eigenvalue weighted by Gasteiger charge is -2.18. The van der Waals surface area contributed by atoms with Crippen LogP contribution in [0.2, 0.25) is 0 Å². The summed E-state index contributed by atoms with van der Waals surface area (Å²) in [5, 5.41) is 0. The van der Waals surface area contributed by atoms with Crippen molar-refractivity contribution in [2.75, 3.05) is 7.11 Å². The minimum atomic E-state index is 0.219. The first-order valence-electron chi connectivity index (χ1n) is 8.90.